The van der Waals surface area contributed by atoms with Crippen molar-refractivity contribution in [3.05, 3.63) is 34.3 Å². The van der Waals surface area contributed by atoms with Crippen molar-refractivity contribution < 1.29 is 14.3 Å². The Labute approximate surface area is 110 Å². The first-order valence-electron chi connectivity index (χ1n) is 6.21. The lowest BCUT2D eigenvalue weighted by atomic mass is 9.81. The van der Waals surface area contributed by atoms with Crippen LogP contribution in [-0.4, -0.2) is 15.6 Å². The molecule has 0 aliphatic rings. The standard InChI is InChI=1S/C14H17NO4/c1-4-15-10-7-9(14(2,3)8-12(16)17)5-6-11(10)19-13(15)18/h5-7H,4,8H2,1-3H3,(H,16,17). The van der Waals surface area contributed by atoms with Crippen molar-refractivity contribution in [2.75, 3.05) is 0 Å². The first kappa shape index (κ1) is 13.4. The number of fused-ring (bicyclic) bond motifs is 1. The molecule has 1 aromatic carbocycles. The highest BCUT2D eigenvalue weighted by molar-refractivity contribution is 5.75. The molecule has 0 radical (unpaired) electrons. The largest absolute Gasteiger partial charge is 0.481 e. The lowest BCUT2D eigenvalue weighted by Gasteiger charge is -2.23. The number of aryl methyl sites for hydroxylation is 1. The summed E-state index contributed by atoms with van der Waals surface area (Å²) in [7, 11) is 0. The smallest absolute Gasteiger partial charge is 0.419 e. The van der Waals surface area contributed by atoms with Crippen LogP contribution in [0, 0.1) is 0 Å². The molecule has 0 saturated carbocycles. The second-order valence-corrected chi connectivity index (χ2v) is 5.25. The Balaban J connectivity index is 2.57. The predicted octanol–water partition coefficient (Wildman–Crippen LogP) is 2.37. The Morgan fingerprint density at radius 2 is 2.11 bits per heavy atom. The number of aromatic nitrogens is 1. The van der Waals surface area contributed by atoms with Gasteiger partial charge in [0.1, 0.15) is 0 Å². The summed E-state index contributed by atoms with van der Waals surface area (Å²) in [4.78, 5) is 22.5. The van der Waals surface area contributed by atoms with Crippen LogP contribution in [0.15, 0.2) is 27.4 Å². The maximum absolute atomic E-state index is 11.6. The third kappa shape index (κ3) is 2.41. The minimum atomic E-state index is -0.842. The molecule has 0 spiro atoms. The minimum absolute atomic E-state index is 0.0344. The van der Waals surface area contributed by atoms with Crippen LogP contribution in [0.5, 0.6) is 0 Å². The molecule has 2 aromatic rings. The van der Waals surface area contributed by atoms with Gasteiger partial charge in [-0.2, -0.15) is 0 Å². The molecule has 1 heterocycles. The molecule has 0 unspecified atom stereocenters. The molecule has 0 bridgehead atoms. The Morgan fingerprint density at radius 1 is 1.42 bits per heavy atom. The second-order valence-electron chi connectivity index (χ2n) is 5.25. The Bertz CT molecular complexity index is 678. The van der Waals surface area contributed by atoms with E-state index in [-0.39, 0.29) is 12.2 Å². The Hall–Kier alpha value is -2.04. The van der Waals surface area contributed by atoms with E-state index >= 15 is 0 Å². The highest BCUT2D eigenvalue weighted by atomic mass is 16.4. The van der Waals surface area contributed by atoms with Crippen LogP contribution in [0.2, 0.25) is 0 Å². The molecule has 102 valence electrons. The predicted molar refractivity (Wildman–Crippen MR) is 71.4 cm³/mol. The highest BCUT2D eigenvalue weighted by Gasteiger charge is 2.25. The molecule has 0 aliphatic heterocycles. The van der Waals surface area contributed by atoms with E-state index in [1.54, 1.807) is 6.07 Å². The zero-order valence-corrected chi connectivity index (χ0v) is 11.3. The van der Waals surface area contributed by atoms with Crippen molar-refractivity contribution in [1.29, 1.82) is 0 Å². The first-order chi connectivity index (χ1) is 8.85. The fourth-order valence-electron chi connectivity index (χ4n) is 2.26. The minimum Gasteiger partial charge on any atom is -0.481 e. The molecule has 2 rings (SSSR count). The zero-order valence-electron chi connectivity index (χ0n) is 11.3. The molecule has 5 heteroatoms. The fraction of sp³-hybridized carbons (Fsp3) is 0.429. The summed E-state index contributed by atoms with van der Waals surface area (Å²) in [5, 5.41) is 8.95. The average Bonchev–Trinajstić information content (AvgIpc) is 2.61. The van der Waals surface area contributed by atoms with Gasteiger partial charge >= 0.3 is 11.7 Å². The number of aliphatic carboxylic acids is 1. The van der Waals surface area contributed by atoms with Crippen LogP contribution in [0.4, 0.5) is 0 Å². The van der Waals surface area contributed by atoms with Gasteiger partial charge in [-0.25, -0.2) is 4.79 Å². The van der Waals surface area contributed by atoms with Crippen molar-refractivity contribution in [1.82, 2.24) is 4.57 Å². The summed E-state index contributed by atoms with van der Waals surface area (Å²) in [5.41, 5.74) is 1.63. The molecule has 0 aliphatic carbocycles. The van der Waals surface area contributed by atoms with Gasteiger partial charge in [0, 0.05) is 12.0 Å². The monoisotopic (exact) mass is 263 g/mol. The summed E-state index contributed by atoms with van der Waals surface area (Å²) in [6, 6.07) is 5.38. The Kier molecular flexibility index (Phi) is 3.22. The van der Waals surface area contributed by atoms with Gasteiger partial charge in [-0.3, -0.25) is 9.36 Å². The fourth-order valence-corrected chi connectivity index (χ4v) is 2.26. The lowest BCUT2D eigenvalue weighted by Crippen LogP contribution is -2.21. The van der Waals surface area contributed by atoms with Crippen molar-refractivity contribution in [2.24, 2.45) is 0 Å². The van der Waals surface area contributed by atoms with Gasteiger partial charge in [0.2, 0.25) is 0 Å². The second kappa shape index (κ2) is 4.57. The Morgan fingerprint density at radius 3 is 2.68 bits per heavy atom. The number of hydrogen-bond acceptors (Lipinski definition) is 3. The van der Waals surface area contributed by atoms with Crippen LogP contribution in [0.3, 0.4) is 0 Å². The van der Waals surface area contributed by atoms with E-state index in [9.17, 15) is 9.59 Å². The van der Waals surface area contributed by atoms with Crippen LogP contribution in [-0.2, 0) is 16.8 Å². The maximum Gasteiger partial charge on any atom is 0.419 e. The summed E-state index contributed by atoms with van der Waals surface area (Å²) >= 11 is 0. The molecule has 1 aromatic heterocycles. The van der Waals surface area contributed by atoms with E-state index in [0.29, 0.717) is 17.6 Å². The normalized spacial score (nSPS) is 11.9. The molecule has 0 amide bonds. The SMILES string of the molecule is CCn1c(=O)oc2ccc(C(C)(C)CC(=O)O)cc21. The van der Waals surface area contributed by atoms with Crippen molar-refractivity contribution >= 4 is 17.1 Å². The summed E-state index contributed by atoms with van der Waals surface area (Å²) in [6.45, 7) is 6.13. The molecular weight excluding hydrogens is 246 g/mol. The van der Waals surface area contributed by atoms with Crippen LogP contribution < -0.4 is 5.76 Å². The molecule has 1 N–H and O–H groups in total. The average molecular weight is 263 g/mol. The van der Waals surface area contributed by atoms with E-state index in [2.05, 4.69) is 0 Å². The van der Waals surface area contributed by atoms with Crippen molar-refractivity contribution in [3.8, 4) is 0 Å². The molecule has 5 nitrogen and oxygen atoms in total. The quantitative estimate of drug-likeness (QED) is 0.919. The lowest BCUT2D eigenvalue weighted by molar-refractivity contribution is -0.138. The van der Waals surface area contributed by atoms with Crippen LogP contribution >= 0.6 is 0 Å². The number of carboxylic acid groups (broad SMARTS) is 1. The van der Waals surface area contributed by atoms with Gasteiger partial charge < -0.3 is 9.52 Å². The van der Waals surface area contributed by atoms with Crippen LogP contribution in [0.25, 0.3) is 11.1 Å². The van der Waals surface area contributed by atoms with E-state index in [1.165, 1.54) is 4.57 Å². The molecule has 0 saturated heterocycles. The molecule has 19 heavy (non-hydrogen) atoms. The van der Waals surface area contributed by atoms with E-state index in [0.717, 1.165) is 5.56 Å². The van der Waals surface area contributed by atoms with E-state index in [1.807, 2.05) is 32.9 Å². The zero-order chi connectivity index (χ0) is 14.2. The maximum atomic E-state index is 11.6. The molecule has 0 fully saturated rings. The number of hydrogen-bond donors (Lipinski definition) is 1. The van der Waals surface area contributed by atoms with Crippen molar-refractivity contribution in [3.63, 3.8) is 0 Å². The van der Waals surface area contributed by atoms with Gasteiger partial charge in [-0.05, 0) is 24.6 Å². The summed E-state index contributed by atoms with van der Waals surface area (Å²) in [6.07, 6.45) is 0.0344. The van der Waals surface area contributed by atoms with E-state index < -0.39 is 11.4 Å². The van der Waals surface area contributed by atoms with Crippen LogP contribution in [0.1, 0.15) is 32.8 Å². The summed E-state index contributed by atoms with van der Waals surface area (Å²) in [5.74, 6) is -1.23. The summed E-state index contributed by atoms with van der Waals surface area (Å²) < 4.78 is 6.67. The molecule has 0 atom stereocenters. The number of oxazole rings is 1. The number of benzene rings is 1. The van der Waals surface area contributed by atoms with Crippen molar-refractivity contribution in [2.45, 2.75) is 39.2 Å². The van der Waals surface area contributed by atoms with Gasteiger partial charge in [0.05, 0.1) is 11.9 Å². The number of carboxylic acids is 1. The third-order valence-electron chi connectivity index (χ3n) is 3.36. The van der Waals surface area contributed by atoms with Gasteiger partial charge in [-0.15, -0.1) is 0 Å². The first-order valence-corrected chi connectivity index (χ1v) is 6.21. The number of rotatable bonds is 4. The number of carbonyl (C=O) groups is 1. The van der Waals surface area contributed by atoms with Gasteiger partial charge in [0.15, 0.2) is 5.58 Å². The third-order valence-corrected chi connectivity index (χ3v) is 3.36. The topological polar surface area (TPSA) is 72.4 Å². The van der Waals surface area contributed by atoms with E-state index in [4.69, 9.17) is 9.52 Å². The molecular formula is C14H17NO4. The van der Waals surface area contributed by atoms with Gasteiger partial charge in [0.25, 0.3) is 0 Å². The number of nitrogens with zero attached hydrogens (tertiary/aromatic N) is 1. The van der Waals surface area contributed by atoms with Gasteiger partial charge in [-0.1, -0.05) is 19.9 Å². The highest BCUT2D eigenvalue weighted by Crippen LogP contribution is 2.29.